The summed E-state index contributed by atoms with van der Waals surface area (Å²) in [5, 5.41) is 3.04. The Bertz CT molecular complexity index is 954. The summed E-state index contributed by atoms with van der Waals surface area (Å²) < 4.78 is 25.0. The molecular formula is C21H19FN2O3. The number of amides is 1. The largest absolute Gasteiger partial charge is 0.493 e. The third-order valence-electron chi connectivity index (χ3n) is 4.55. The highest BCUT2D eigenvalue weighted by Gasteiger charge is 2.22. The number of carbonyl (C=O) groups is 1. The lowest BCUT2D eigenvalue weighted by Crippen LogP contribution is -2.32. The van der Waals surface area contributed by atoms with Crippen LogP contribution >= 0.6 is 0 Å². The molecule has 1 amide bonds. The Kier molecular flexibility index (Phi) is 4.87. The summed E-state index contributed by atoms with van der Waals surface area (Å²) in [5.74, 6) is 1.15. The second kappa shape index (κ2) is 7.61. The molecule has 0 radical (unpaired) electrons. The smallest absolute Gasteiger partial charge is 0.220 e. The minimum absolute atomic E-state index is 0.0546. The fourth-order valence-corrected chi connectivity index (χ4v) is 3.19. The highest BCUT2D eigenvalue weighted by atomic mass is 19.1. The zero-order valence-electron chi connectivity index (χ0n) is 14.7. The molecule has 2 aromatic carbocycles. The second-order valence-electron chi connectivity index (χ2n) is 6.39. The minimum Gasteiger partial charge on any atom is -0.493 e. The number of hydrogen-bond acceptors (Lipinski definition) is 4. The van der Waals surface area contributed by atoms with Gasteiger partial charge in [0.1, 0.15) is 11.6 Å². The third-order valence-corrected chi connectivity index (χ3v) is 4.55. The Morgan fingerprint density at radius 1 is 1.19 bits per heavy atom. The molecule has 1 aromatic heterocycles. The molecule has 2 heterocycles. The quantitative estimate of drug-likeness (QED) is 0.740. The summed E-state index contributed by atoms with van der Waals surface area (Å²) in [7, 11) is 0. The van der Waals surface area contributed by atoms with Crippen molar-refractivity contribution in [2.75, 3.05) is 6.61 Å². The Morgan fingerprint density at radius 2 is 2.00 bits per heavy atom. The van der Waals surface area contributed by atoms with Crippen molar-refractivity contribution < 1.29 is 18.3 Å². The van der Waals surface area contributed by atoms with Gasteiger partial charge in [-0.3, -0.25) is 4.79 Å². The van der Waals surface area contributed by atoms with E-state index < -0.39 is 0 Å². The summed E-state index contributed by atoms with van der Waals surface area (Å²) in [6, 6.07) is 14.0. The van der Waals surface area contributed by atoms with Crippen LogP contribution in [0.2, 0.25) is 0 Å². The molecule has 0 aliphatic carbocycles. The highest BCUT2D eigenvalue weighted by molar-refractivity contribution is 5.76. The molecule has 0 spiro atoms. The molecule has 5 nitrogen and oxygen atoms in total. The van der Waals surface area contributed by atoms with Crippen molar-refractivity contribution >= 4 is 5.91 Å². The van der Waals surface area contributed by atoms with Crippen molar-refractivity contribution in [3.63, 3.8) is 0 Å². The van der Waals surface area contributed by atoms with E-state index in [9.17, 15) is 9.18 Å². The van der Waals surface area contributed by atoms with Gasteiger partial charge < -0.3 is 14.5 Å². The standard InChI is InChI=1S/C21H19FN2O3/c22-16-7-3-1-5-14(16)19-13-23-21(27-19)10-9-20(25)24-17-11-12-26-18-8-4-2-6-15(17)18/h1-8,13,17H,9-12H2,(H,24,25). The number of oxazole rings is 1. The first kappa shape index (κ1) is 17.3. The second-order valence-corrected chi connectivity index (χ2v) is 6.39. The maximum atomic E-state index is 13.8. The summed E-state index contributed by atoms with van der Waals surface area (Å²) in [5.41, 5.74) is 1.36. The van der Waals surface area contributed by atoms with Crippen molar-refractivity contribution in [3.8, 4) is 17.1 Å². The predicted molar refractivity (Wildman–Crippen MR) is 97.7 cm³/mol. The van der Waals surface area contributed by atoms with Crippen molar-refractivity contribution in [1.29, 1.82) is 0 Å². The van der Waals surface area contributed by atoms with Crippen LogP contribution in [-0.4, -0.2) is 17.5 Å². The summed E-state index contributed by atoms with van der Waals surface area (Å²) in [4.78, 5) is 16.5. The first-order chi connectivity index (χ1) is 13.2. The molecule has 1 aliphatic rings. The topological polar surface area (TPSA) is 64.4 Å². The number of rotatable bonds is 5. The number of hydrogen-bond donors (Lipinski definition) is 1. The predicted octanol–water partition coefficient (Wildman–Crippen LogP) is 4.05. The normalized spacial score (nSPS) is 15.7. The van der Waals surface area contributed by atoms with Gasteiger partial charge >= 0.3 is 0 Å². The van der Waals surface area contributed by atoms with Crippen LogP contribution in [0.5, 0.6) is 5.75 Å². The number of nitrogens with zero attached hydrogens (tertiary/aromatic N) is 1. The van der Waals surface area contributed by atoms with Gasteiger partial charge in [-0.25, -0.2) is 9.37 Å². The number of halogens is 1. The number of nitrogens with one attached hydrogen (secondary N) is 1. The molecule has 0 fully saturated rings. The molecule has 0 bridgehead atoms. The first-order valence-electron chi connectivity index (χ1n) is 8.91. The van der Waals surface area contributed by atoms with Gasteiger partial charge in [-0.1, -0.05) is 30.3 Å². The van der Waals surface area contributed by atoms with Crippen molar-refractivity contribution in [3.05, 3.63) is 72.0 Å². The number of carbonyl (C=O) groups excluding carboxylic acids is 1. The summed E-state index contributed by atoms with van der Waals surface area (Å²) in [6.07, 6.45) is 2.82. The molecule has 1 unspecified atom stereocenters. The van der Waals surface area contributed by atoms with Crippen molar-refractivity contribution in [2.24, 2.45) is 0 Å². The lowest BCUT2D eigenvalue weighted by molar-refractivity contribution is -0.122. The van der Waals surface area contributed by atoms with E-state index in [-0.39, 0.29) is 24.2 Å². The van der Waals surface area contributed by atoms with Crippen LogP contribution in [0, 0.1) is 5.82 Å². The third kappa shape index (κ3) is 3.84. The molecule has 1 N–H and O–H groups in total. The highest BCUT2D eigenvalue weighted by Crippen LogP contribution is 2.31. The zero-order valence-corrected chi connectivity index (χ0v) is 14.7. The Morgan fingerprint density at radius 3 is 2.89 bits per heavy atom. The Labute approximate surface area is 156 Å². The number of fused-ring (bicyclic) bond motifs is 1. The van der Waals surface area contributed by atoms with Gasteiger partial charge in [-0.2, -0.15) is 0 Å². The lowest BCUT2D eigenvalue weighted by Gasteiger charge is -2.26. The number of aryl methyl sites for hydroxylation is 1. The molecule has 0 saturated carbocycles. The van der Waals surface area contributed by atoms with Crippen molar-refractivity contribution in [2.45, 2.75) is 25.3 Å². The van der Waals surface area contributed by atoms with Gasteiger partial charge in [0, 0.05) is 24.8 Å². The molecule has 6 heteroatoms. The van der Waals surface area contributed by atoms with E-state index in [4.69, 9.17) is 9.15 Å². The van der Waals surface area contributed by atoms with Crippen LogP contribution in [0.4, 0.5) is 4.39 Å². The van der Waals surface area contributed by atoms with E-state index in [1.165, 1.54) is 12.3 Å². The van der Waals surface area contributed by atoms with E-state index >= 15 is 0 Å². The molecular weight excluding hydrogens is 347 g/mol. The van der Waals surface area contributed by atoms with Gasteiger partial charge in [-0.15, -0.1) is 0 Å². The Hall–Kier alpha value is -3.15. The first-order valence-corrected chi connectivity index (χ1v) is 8.91. The molecule has 4 rings (SSSR count). The fourth-order valence-electron chi connectivity index (χ4n) is 3.19. The molecule has 3 aromatic rings. The maximum absolute atomic E-state index is 13.8. The van der Waals surface area contributed by atoms with Gasteiger partial charge in [0.2, 0.25) is 5.91 Å². The SMILES string of the molecule is O=C(CCc1ncc(-c2ccccc2F)o1)NC1CCOc2ccccc21. The van der Waals surface area contributed by atoms with Crippen LogP contribution in [0.25, 0.3) is 11.3 Å². The monoisotopic (exact) mass is 366 g/mol. The van der Waals surface area contributed by atoms with E-state index in [0.717, 1.165) is 17.7 Å². The molecule has 0 saturated heterocycles. The minimum atomic E-state index is -0.365. The number of benzene rings is 2. The molecule has 1 aliphatic heterocycles. The average Bonchev–Trinajstić information content (AvgIpc) is 3.16. The average molecular weight is 366 g/mol. The zero-order chi connectivity index (χ0) is 18.6. The number of para-hydroxylation sites is 1. The molecule has 1 atom stereocenters. The Balaban J connectivity index is 1.36. The number of aromatic nitrogens is 1. The lowest BCUT2D eigenvalue weighted by atomic mass is 10.0. The van der Waals surface area contributed by atoms with Crippen LogP contribution in [0.3, 0.4) is 0 Å². The van der Waals surface area contributed by atoms with E-state index in [1.807, 2.05) is 24.3 Å². The van der Waals surface area contributed by atoms with Gasteiger partial charge in [0.15, 0.2) is 11.7 Å². The fraction of sp³-hybridized carbons (Fsp3) is 0.238. The molecule has 27 heavy (non-hydrogen) atoms. The van der Waals surface area contributed by atoms with Gasteiger partial charge in [-0.05, 0) is 18.2 Å². The van der Waals surface area contributed by atoms with Gasteiger partial charge in [0.05, 0.1) is 24.4 Å². The van der Waals surface area contributed by atoms with Crippen LogP contribution in [0.1, 0.15) is 30.3 Å². The van der Waals surface area contributed by atoms with Crippen LogP contribution < -0.4 is 10.1 Å². The van der Waals surface area contributed by atoms with E-state index in [0.29, 0.717) is 30.2 Å². The van der Waals surface area contributed by atoms with Gasteiger partial charge in [0.25, 0.3) is 0 Å². The summed E-state index contributed by atoms with van der Waals surface area (Å²) in [6.45, 7) is 0.577. The summed E-state index contributed by atoms with van der Waals surface area (Å²) >= 11 is 0. The van der Waals surface area contributed by atoms with Crippen molar-refractivity contribution in [1.82, 2.24) is 10.3 Å². The maximum Gasteiger partial charge on any atom is 0.220 e. The van der Waals surface area contributed by atoms with E-state index in [2.05, 4.69) is 10.3 Å². The number of ether oxygens (including phenoxy) is 1. The molecule has 138 valence electrons. The van der Waals surface area contributed by atoms with E-state index in [1.54, 1.807) is 18.2 Å². The van der Waals surface area contributed by atoms with Crippen LogP contribution in [0.15, 0.2) is 59.1 Å². The van der Waals surface area contributed by atoms with Crippen LogP contribution in [-0.2, 0) is 11.2 Å².